The third-order valence-corrected chi connectivity index (χ3v) is 4.58. The van der Waals surface area contributed by atoms with Crippen LogP contribution in [0.2, 0.25) is 0 Å². The van der Waals surface area contributed by atoms with E-state index in [2.05, 4.69) is 11.2 Å². The number of benzene rings is 2. The van der Waals surface area contributed by atoms with Crippen molar-refractivity contribution in [3.05, 3.63) is 64.2 Å². The van der Waals surface area contributed by atoms with Crippen molar-refractivity contribution in [1.82, 2.24) is 0 Å². The van der Waals surface area contributed by atoms with Crippen LogP contribution in [0, 0.1) is 28.4 Å². The van der Waals surface area contributed by atoms with Crippen molar-refractivity contribution in [3.8, 4) is 12.3 Å². The Morgan fingerprint density at radius 3 is 2.62 bits per heavy atom. The number of nitro benzene ring substituents is 1. The first-order valence-corrected chi connectivity index (χ1v) is 8.44. The summed E-state index contributed by atoms with van der Waals surface area (Å²) in [6.45, 7) is 1.21. The molecule has 132 valence electrons. The Kier molecular flexibility index (Phi) is 5.18. The van der Waals surface area contributed by atoms with Gasteiger partial charge in [0.15, 0.2) is 0 Å². The van der Waals surface area contributed by atoms with Gasteiger partial charge in [0.05, 0.1) is 4.92 Å². The molecule has 2 aromatic carbocycles. The number of anilines is 2. The highest BCUT2D eigenvalue weighted by Gasteiger charge is 2.28. The van der Waals surface area contributed by atoms with Gasteiger partial charge in [-0.25, -0.2) is 0 Å². The van der Waals surface area contributed by atoms with Crippen LogP contribution in [-0.2, 0) is 4.79 Å². The number of amides is 1. The Balaban J connectivity index is 1.62. The average molecular weight is 349 g/mol. The van der Waals surface area contributed by atoms with Gasteiger partial charge in [-0.1, -0.05) is 24.1 Å². The van der Waals surface area contributed by atoms with Gasteiger partial charge in [-0.2, -0.15) is 0 Å². The molecule has 0 saturated carbocycles. The molecule has 1 aliphatic rings. The van der Waals surface area contributed by atoms with E-state index in [1.807, 2.05) is 11.0 Å². The van der Waals surface area contributed by atoms with Gasteiger partial charge in [-0.15, -0.1) is 6.42 Å². The van der Waals surface area contributed by atoms with E-state index in [9.17, 15) is 14.9 Å². The number of carbonyl (C=O) groups is 1. The van der Waals surface area contributed by atoms with Crippen LogP contribution in [0.1, 0.15) is 18.4 Å². The topological polar surface area (TPSA) is 75.5 Å². The van der Waals surface area contributed by atoms with E-state index < -0.39 is 0 Å². The summed E-state index contributed by atoms with van der Waals surface area (Å²) in [5.41, 5.74) is 2.11. The Hall–Kier alpha value is -3.33. The van der Waals surface area contributed by atoms with E-state index in [1.54, 1.807) is 36.4 Å². The van der Waals surface area contributed by atoms with Crippen LogP contribution in [0.5, 0.6) is 0 Å². The molecule has 1 fully saturated rings. The van der Waals surface area contributed by atoms with Crippen molar-refractivity contribution in [2.24, 2.45) is 5.92 Å². The van der Waals surface area contributed by atoms with Crippen molar-refractivity contribution in [2.45, 2.75) is 12.8 Å². The maximum Gasteiger partial charge on any atom is 0.292 e. The van der Waals surface area contributed by atoms with Crippen LogP contribution in [-0.4, -0.2) is 23.9 Å². The second kappa shape index (κ2) is 7.70. The molecular formula is C20H19N3O3. The zero-order valence-corrected chi connectivity index (χ0v) is 14.2. The van der Waals surface area contributed by atoms with Crippen LogP contribution in [0.15, 0.2) is 48.5 Å². The molecule has 6 nitrogen and oxygen atoms in total. The summed E-state index contributed by atoms with van der Waals surface area (Å²) >= 11 is 0. The molecule has 0 unspecified atom stereocenters. The summed E-state index contributed by atoms with van der Waals surface area (Å²) < 4.78 is 0. The van der Waals surface area contributed by atoms with Crippen molar-refractivity contribution in [3.63, 3.8) is 0 Å². The van der Waals surface area contributed by atoms with Crippen LogP contribution in [0.4, 0.5) is 17.1 Å². The Morgan fingerprint density at radius 2 is 1.92 bits per heavy atom. The van der Waals surface area contributed by atoms with Crippen molar-refractivity contribution in [1.29, 1.82) is 0 Å². The van der Waals surface area contributed by atoms with Gasteiger partial charge in [0.1, 0.15) is 5.69 Å². The summed E-state index contributed by atoms with van der Waals surface area (Å²) in [6.07, 6.45) is 6.67. The fourth-order valence-electron chi connectivity index (χ4n) is 3.20. The quantitative estimate of drug-likeness (QED) is 0.521. The zero-order valence-electron chi connectivity index (χ0n) is 14.2. The van der Waals surface area contributed by atoms with Gasteiger partial charge in [-0.05, 0) is 37.1 Å². The summed E-state index contributed by atoms with van der Waals surface area (Å²) in [4.78, 5) is 25.3. The highest BCUT2D eigenvalue weighted by Crippen LogP contribution is 2.31. The van der Waals surface area contributed by atoms with Crippen molar-refractivity contribution in [2.75, 3.05) is 23.3 Å². The second-order valence-corrected chi connectivity index (χ2v) is 6.22. The minimum absolute atomic E-state index is 0.0404. The minimum atomic E-state index is -0.368. The predicted octanol–water partition coefficient (Wildman–Crippen LogP) is 3.43. The Labute approximate surface area is 152 Å². The Morgan fingerprint density at radius 1 is 1.19 bits per heavy atom. The molecule has 1 amide bonds. The molecule has 3 rings (SSSR count). The number of para-hydroxylation sites is 2. The number of nitrogens with zero attached hydrogens (tertiary/aromatic N) is 2. The molecule has 0 aromatic heterocycles. The van der Waals surface area contributed by atoms with E-state index in [-0.39, 0.29) is 22.4 Å². The second-order valence-electron chi connectivity index (χ2n) is 6.22. The highest BCUT2D eigenvalue weighted by atomic mass is 16.6. The molecule has 0 atom stereocenters. The standard InChI is InChI=1S/C20H19N3O3/c1-2-15-6-5-7-17(14-15)21-20(24)16-10-12-22(13-11-16)18-8-3-4-9-19(18)23(25)26/h1,3-9,14,16H,10-13H2,(H,21,24). The molecule has 0 aliphatic carbocycles. The van der Waals surface area contributed by atoms with Gasteiger partial charge in [0.2, 0.25) is 5.91 Å². The maximum absolute atomic E-state index is 12.5. The number of piperidine rings is 1. The largest absolute Gasteiger partial charge is 0.366 e. The summed E-state index contributed by atoms with van der Waals surface area (Å²) in [7, 11) is 0. The van der Waals surface area contributed by atoms with E-state index in [0.29, 0.717) is 42.9 Å². The maximum atomic E-state index is 12.5. The lowest BCUT2D eigenvalue weighted by Gasteiger charge is -2.32. The minimum Gasteiger partial charge on any atom is -0.366 e. The molecular weight excluding hydrogens is 330 g/mol. The highest BCUT2D eigenvalue weighted by molar-refractivity contribution is 5.92. The lowest BCUT2D eigenvalue weighted by molar-refractivity contribution is -0.384. The molecule has 1 saturated heterocycles. The lowest BCUT2D eigenvalue weighted by Crippen LogP contribution is -2.38. The summed E-state index contributed by atoms with van der Waals surface area (Å²) in [6, 6.07) is 13.9. The van der Waals surface area contributed by atoms with Gasteiger partial charge in [0, 0.05) is 36.3 Å². The van der Waals surface area contributed by atoms with E-state index in [1.165, 1.54) is 6.07 Å². The molecule has 1 heterocycles. The molecule has 0 bridgehead atoms. The van der Waals surface area contributed by atoms with Crippen LogP contribution in [0.3, 0.4) is 0 Å². The number of carbonyl (C=O) groups excluding carboxylic acids is 1. The van der Waals surface area contributed by atoms with Crippen LogP contribution in [0.25, 0.3) is 0 Å². The third-order valence-electron chi connectivity index (χ3n) is 4.58. The van der Waals surface area contributed by atoms with Gasteiger partial charge in [-0.3, -0.25) is 14.9 Å². The first-order valence-electron chi connectivity index (χ1n) is 8.44. The first kappa shape index (κ1) is 17.5. The number of nitro groups is 1. The molecule has 1 aliphatic heterocycles. The molecule has 26 heavy (non-hydrogen) atoms. The molecule has 0 spiro atoms. The normalized spacial score (nSPS) is 14.5. The van der Waals surface area contributed by atoms with E-state index in [4.69, 9.17) is 6.42 Å². The zero-order chi connectivity index (χ0) is 18.5. The molecule has 0 radical (unpaired) electrons. The smallest absolute Gasteiger partial charge is 0.292 e. The van der Waals surface area contributed by atoms with Gasteiger partial charge in [0.25, 0.3) is 5.69 Å². The van der Waals surface area contributed by atoms with Crippen LogP contribution < -0.4 is 10.2 Å². The van der Waals surface area contributed by atoms with Crippen molar-refractivity contribution < 1.29 is 9.72 Å². The van der Waals surface area contributed by atoms with Crippen molar-refractivity contribution >= 4 is 23.0 Å². The van der Waals surface area contributed by atoms with Gasteiger partial charge >= 0.3 is 0 Å². The molecule has 1 N–H and O–H groups in total. The number of nitrogens with one attached hydrogen (secondary N) is 1. The SMILES string of the molecule is C#Cc1cccc(NC(=O)C2CCN(c3ccccc3[N+](=O)[O-])CC2)c1. The van der Waals surface area contributed by atoms with E-state index >= 15 is 0 Å². The van der Waals surface area contributed by atoms with Gasteiger partial charge < -0.3 is 10.2 Å². The fraction of sp³-hybridized carbons (Fsp3) is 0.250. The Bertz CT molecular complexity index is 865. The number of hydrogen-bond acceptors (Lipinski definition) is 4. The number of hydrogen-bond donors (Lipinski definition) is 1. The first-order chi connectivity index (χ1) is 12.6. The fourth-order valence-corrected chi connectivity index (χ4v) is 3.20. The third kappa shape index (κ3) is 3.83. The summed E-state index contributed by atoms with van der Waals surface area (Å²) in [5, 5.41) is 14.1. The number of rotatable bonds is 4. The predicted molar refractivity (Wildman–Crippen MR) is 101 cm³/mol. The van der Waals surface area contributed by atoms with E-state index in [0.717, 1.165) is 0 Å². The van der Waals surface area contributed by atoms with Crippen LogP contribution >= 0.6 is 0 Å². The average Bonchev–Trinajstić information content (AvgIpc) is 2.68. The monoisotopic (exact) mass is 349 g/mol. The molecule has 2 aromatic rings. The number of terminal acetylenes is 1. The summed E-state index contributed by atoms with van der Waals surface area (Å²) in [5.74, 6) is 2.38. The molecule has 6 heteroatoms. The lowest BCUT2D eigenvalue weighted by atomic mass is 9.95.